The molecule has 0 atom stereocenters. The van der Waals surface area contributed by atoms with Crippen LogP contribution in [0.5, 0.6) is 0 Å². The number of aliphatic hydroxyl groups is 1. The molecule has 0 heterocycles. The van der Waals surface area contributed by atoms with Gasteiger partial charge < -0.3 is 15.3 Å². The zero-order valence-corrected chi connectivity index (χ0v) is 17.8. The van der Waals surface area contributed by atoms with Gasteiger partial charge in [0.15, 0.2) is 0 Å². The van der Waals surface area contributed by atoms with E-state index < -0.39 is 0 Å². The quantitative estimate of drug-likeness (QED) is 0.552. The summed E-state index contributed by atoms with van der Waals surface area (Å²) in [5.74, 6) is 2.97. The Morgan fingerprint density at radius 2 is 1.59 bits per heavy atom. The van der Waals surface area contributed by atoms with Crippen LogP contribution in [-0.4, -0.2) is 48.7 Å². The van der Waals surface area contributed by atoms with Crippen molar-refractivity contribution in [1.82, 2.24) is 10.2 Å². The fourth-order valence-corrected chi connectivity index (χ4v) is 6.79. The first-order valence-corrected chi connectivity index (χ1v) is 11.8. The van der Waals surface area contributed by atoms with Gasteiger partial charge in [-0.3, -0.25) is 4.79 Å². The molecule has 0 aromatic heterocycles. The van der Waals surface area contributed by atoms with Crippen LogP contribution in [0.3, 0.4) is 0 Å². The number of benzene rings is 1. The monoisotopic (exact) mass is 398 g/mol. The lowest BCUT2D eigenvalue weighted by Crippen LogP contribution is -2.52. The topological polar surface area (TPSA) is 52.6 Å². The summed E-state index contributed by atoms with van der Waals surface area (Å²) >= 11 is 0. The molecule has 4 fully saturated rings. The van der Waals surface area contributed by atoms with E-state index in [0.717, 1.165) is 68.8 Å². The zero-order chi connectivity index (χ0) is 20.1. The molecule has 29 heavy (non-hydrogen) atoms. The number of rotatable bonds is 11. The lowest BCUT2D eigenvalue weighted by molar-refractivity contribution is -0.0653. The molecular weight excluding hydrogens is 360 g/mol. The van der Waals surface area contributed by atoms with Crippen molar-refractivity contribution in [2.75, 3.05) is 32.8 Å². The molecule has 2 N–H and O–H groups in total. The lowest BCUT2D eigenvalue weighted by atomic mass is 9.49. The maximum absolute atomic E-state index is 13.4. The van der Waals surface area contributed by atoms with Crippen LogP contribution >= 0.6 is 0 Å². The number of unbranched alkanes of at least 4 members (excludes halogenated alkanes) is 1. The van der Waals surface area contributed by atoms with E-state index >= 15 is 0 Å². The van der Waals surface area contributed by atoms with E-state index in [9.17, 15) is 4.79 Å². The summed E-state index contributed by atoms with van der Waals surface area (Å²) in [5.41, 5.74) is 1.21. The highest BCUT2D eigenvalue weighted by molar-refractivity contribution is 5.94. The number of carbonyl (C=O) groups excluding carboxylic acids is 1. The van der Waals surface area contributed by atoms with Gasteiger partial charge in [0, 0.05) is 25.3 Å². The summed E-state index contributed by atoms with van der Waals surface area (Å²) in [6.07, 6.45) is 11.2. The largest absolute Gasteiger partial charge is 0.396 e. The summed E-state index contributed by atoms with van der Waals surface area (Å²) in [4.78, 5) is 15.5. The third kappa shape index (κ3) is 5.21. The average Bonchev–Trinajstić information content (AvgIpc) is 2.71. The molecule has 4 nitrogen and oxygen atoms in total. The lowest BCUT2D eigenvalue weighted by Gasteiger charge is -2.57. The minimum absolute atomic E-state index is 0.210. The van der Waals surface area contributed by atoms with Crippen molar-refractivity contribution in [3.63, 3.8) is 0 Å². The van der Waals surface area contributed by atoms with Crippen molar-refractivity contribution in [2.45, 2.75) is 57.8 Å². The standard InChI is InChI=1S/C25H38N2O2/c28-12-5-4-9-26-10-6-11-27(24(29)23-7-2-1-3-8-23)19-25-16-20-13-21(17-25)15-22(14-20)18-25/h1-3,7-8,20-22,26,28H,4-6,9-19H2. The molecule has 0 radical (unpaired) electrons. The summed E-state index contributed by atoms with van der Waals surface area (Å²) < 4.78 is 0. The number of nitrogens with one attached hydrogen (secondary N) is 1. The number of amides is 1. The van der Waals surface area contributed by atoms with Crippen molar-refractivity contribution < 1.29 is 9.90 Å². The molecule has 0 spiro atoms. The molecule has 1 aromatic carbocycles. The molecule has 4 heteroatoms. The Bertz CT molecular complexity index is 625. The second kappa shape index (κ2) is 9.61. The summed E-state index contributed by atoms with van der Waals surface area (Å²) in [5, 5.41) is 12.4. The molecule has 0 aliphatic heterocycles. The summed E-state index contributed by atoms with van der Waals surface area (Å²) in [6.45, 7) is 3.94. The Morgan fingerprint density at radius 1 is 0.966 bits per heavy atom. The second-order valence-electron chi connectivity index (χ2n) is 10.0. The Morgan fingerprint density at radius 3 is 2.21 bits per heavy atom. The van der Waals surface area contributed by atoms with Crippen LogP contribution in [-0.2, 0) is 0 Å². The van der Waals surface area contributed by atoms with Crippen molar-refractivity contribution in [3.8, 4) is 0 Å². The van der Waals surface area contributed by atoms with E-state index in [4.69, 9.17) is 5.11 Å². The fraction of sp³-hybridized carbons (Fsp3) is 0.720. The number of hydrogen-bond acceptors (Lipinski definition) is 3. The minimum Gasteiger partial charge on any atom is -0.396 e. The van der Waals surface area contributed by atoms with Gasteiger partial charge in [0.1, 0.15) is 0 Å². The molecule has 4 aliphatic carbocycles. The van der Waals surface area contributed by atoms with Crippen LogP contribution < -0.4 is 5.32 Å². The highest BCUT2D eigenvalue weighted by atomic mass is 16.2. The molecule has 160 valence electrons. The van der Waals surface area contributed by atoms with Crippen LogP contribution in [0.4, 0.5) is 0 Å². The van der Waals surface area contributed by atoms with Crippen molar-refractivity contribution in [1.29, 1.82) is 0 Å². The van der Waals surface area contributed by atoms with Crippen LogP contribution in [0, 0.1) is 23.2 Å². The van der Waals surface area contributed by atoms with Gasteiger partial charge in [-0.05, 0) is 106 Å². The fourth-order valence-electron chi connectivity index (χ4n) is 6.79. The van der Waals surface area contributed by atoms with Gasteiger partial charge in [-0.1, -0.05) is 18.2 Å². The first kappa shape index (κ1) is 20.9. The van der Waals surface area contributed by atoms with Gasteiger partial charge >= 0.3 is 0 Å². The highest BCUT2D eigenvalue weighted by Gasteiger charge is 2.51. The zero-order valence-electron chi connectivity index (χ0n) is 17.8. The molecule has 4 bridgehead atoms. The SMILES string of the molecule is O=C(c1ccccc1)N(CCCNCCCCO)CC12CC3CC(CC(C3)C1)C2. The van der Waals surface area contributed by atoms with Gasteiger partial charge in [0.25, 0.3) is 5.91 Å². The Balaban J connectivity index is 1.38. The predicted octanol–water partition coefficient (Wildman–Crippen LogP) is 4.10. The molecule has 0 unspecified atom stereocenters. The highest BCUT2D eigenvalue weighted by Crippen LogP contribution is 2.60. The Labute approximate surface area is 176 Å². The number of carbonyl (C=O) groups is 1. The molecule has 4 aliphatic rings. The molecule has 4 saturated carbocycles. The summed E-state index contributed by atoms with van der Waals surface area (Å²) in [6, 6.07) is 9.85. The van der Waals surface area contributed by atoms with Gasteiger partial charge in [-0.25, -0.2) is 0 Å². The van der Waals surface area contributed by atoms with Crippen LogP contribution in [0.25, 0.3) is 0 Å². The third-order valence-corrected chi connectivity index (χ3v) is 7.54. The molecule has 0 saturated heterocycles. The summed E-state index contributed by atoms with van der Waals surface area (Å²) in [7, 11) is 0. The van der Waals surface area contributed by atoms with E-state index in [0.29, 0.717) is 5.41 Å². The smallest absolute Gasteiger partial charge is 0.253 e. The van der Waals surface area contributed by atoms with Crippen molar-refractivity contribution >= 4 is 5.91 Å². The van der Waals surface area contributed by atoms with Crippen LogP contribution in [0.2, 0.25) is 0 Å². The van der Waals surface area contributed by atoms with E-state index in [1.807, 2.05) is 30.3 Å². The Kier molecular flexibility index (Phi) is 6.92. The van der Waals surface area contributed by atoms with Crippen molar-refractivity contribution in [2.24, 2.45) is 23.2 Å². The van der Waals surface area contributed by atoms with E-state index in [2.05, 4.69) is 10.2 Å². The van der Waals surface area contributed by atoms with Gasteiger partial charge in [0.05, 0.1) is 0 Å². The van der Waals surface area contributed by atoms with Crippen LogP contribution in [0.1, 0.15) is 68.1 Å². The first-order chi connectivity index (χ1) is 14.2. The van der Waals surface area contributed by atoms with E-state index in [1.165, 1.54) is 38.5 Å². The molecule has 1 aromatic rings. The van der Waals surface area contributed by atoms with E-state index in [-0.39, 0.29) is 12.5 Å². The van der Waals surface area contributed by atoms with Gasteiger partial charge in [0.2, 0.25) is 0 Å². The number of aliphatic hydroxyl groups excluding tert-OH is 1. The van der Waals surface area contributed by atoms with E-state index in [1.54, 1.807) is 0 Å². The van der Waals surface area contributed by atoms with Crippen LogP contribution in [0.15, 0.2) is 30.3 Å². The minimum atomic E-state index is 0.210. The second-order valence-corrected chi connectivity index (χ2v) is 10.0. The van der Waals surface area contributed by atoms with Crippen molar-refractivity contribution in [3.05, 3.63) is 35.9 Å². The predicted molar refractivity (Wildman–Crippen MR) is 117 cm³/mol. The third-order valence-electron chi connectivity index (χ3n) is 7.54. The average molecular weight is 399 g/mol. The maximum atomic E-state index is 13.4. The number of hydrogen-bond donors (Lipinski definition) is 2. The molecule has 1 amide bonds. The normalized spacial score (nSPS) is 29.9. The molecule has 5 rings (SSSR count). The van der Waals surface area contributed by atoms with Gasteiger partial charge in [-0.15, -0.1) is 0 Å². The maximum Gasteiger partial charge on any atom is 0.253 e. The van der Waals surface area contributed by atoms with Gasteiger partial charge in [-0.2, -0.15) is 0 Å². The molecular formula is C25H38N2O2. The number of nitrogens with zero attached hydrogens (tertiary/aromatic N) is 1. The first-order valence-electron chi connectivity index (χ1n) is 11.8. The Hall–Kier alpha value is -1.39.